The van der Waals surface area contributed by atoms with Crippen LogP contribution < -0.4 is 10.6 Å². The third-order valence-electron chi connectivity index (χ3n) is 4.31. The Balaban J connectivity index is 0.00000288. The van der Waals surface area contributed by atoms with Crippen LogP contribution >= 0.6 is 12.4 Å². The molecular formula is C18H28ClN3O2. The molecule has 2 amide bonds. The molecule has 0 radical (unpaired) electrons. The van der Waals surface area contributed by atoms with Crippen molar-refractivity contribution in [3.63, 3.8) is 0 Å². The lowest BCUT2D eigenvalue weighted by Gasteiger charge is -2.25. The monoisotopic (exact) mass is 353 g/mol. The first-order chi connectivity index (χ1) is 11.0. The number of rotatable bonds is 5. The van der Waals surface area contributed by atoms with Crippen molar-refractivity contribution >= 4 is 29.9 Å². The fourth-order valence-electron chi connectivity index (χ4n) is 2.88. The standard InChI is InChI=1S/C18H27N3O2.ClH/c1-13(2)21(14(3)22)12-15-4-6-17(7-5-15)20-18(23)16-8-10-19-11-9-16;/h4-7,13,16,19H,8-12H2,1-3H3,(H,20,23);1H. The molecule has 134 valence electrons. The molecule has 0 unspecified atom stereocenters. The molecule has 2 N–H and O–H groups in total. The van der Waals surface area contributed by atoms with E-state index in [0.29, 0.717) is 6.54 Å². The largest absolute Gasteiger partial charge is 0.336 e. The number of hydrogen-bond donors (Lipinski definition) is 2. The minimum Gasteiger partial charge on any atom is -0.336 e. The summed E-state index contributed by atoms with van der Waals surface area (Å²) in [6.45, 7) is 8.02. The summed E-state index contributed by atoms with van der Waals surface area (Å²) in [6.07, 6.45) is 1.79. The molecule has 0 spiro atoms. The average Bonchev–Trinajstić information content (AvgIpc) is 2.54. The molecule has 1 aromatic rings. The van der Waals surface area contributed by atoms with Crippen LogP contribution in [0.25, 0.3) is 0 Å². The number of anilines is 1. The highest BCUT2D eigenvalue weighted by Gasteiger charge is 2.20. The van der Waals surface area contributed by atoms with Crippen LogP contribution in [0, 0.1) is 5.92 Å². The summed E-state index contributed by atoms with van der Waals surface area (Å²) in [4.78, 5) is 25.7. The highest BCUT2D eigenvalue weighted by molar-refractivity contribution is 5.92. The molecule has 1 fully saturated rings. The van der Waals surface area contributed by atoms with Gasteiger partial charge in [0, 0.05) is 31.1 Å². The lowest BCUT2D eigenvalue weighted by Crippen LogP contribution is -2.34. The SMILES string of the molecule is CC(=O)N(Cc1ccc(NC(=O)C2CCNCC2)cc1)C(C)C.Cl. The first kappa shape index (κ1) is 20.5. The van der Waals surface area contributed by atoms with Gasteiger partial charge in [0.2, 0.25) is 11.8 Å². The Morgan fingerprint density at radius 3 is 2.29 bits per heavy atom. The number of benzene rings is 1. The van der Waals surface area contributed by atoms with Gasteiger partial charge in [0.15, 0.2) is 0 Å². The van der Waals surface area contributed by atoms with E-state index < -0.39 is 0 Å². The van der Waals surface area contributed by atoms with Crippen LogP contribution in [0.1, 0.15) is 39.2 Å². The van der Waals surface area contributed by atoms with Gasteiger partial charge in [0.05, 0.1) is 0 Å². The highest BCUT2D eigenvalue weighted by atomic mass is 35.5. The molecule has 6 heteroatoms. The first-order valence-electron chi connectivity index (χ1n) is 8.35. The molecule has 0 atom stereocenters. The summed E-state index contributed by atoms with van der Waals surface area (Å²) < 4.78 is 0. The number of nitrogens with zero attached hydrogens (tertiary/aromatic N) is 1. The van der Waals surface area contributed by atoms with Crippen molar-refractivity contribution < 1.29 is 9.59 Å². The molecule has 1 aromatic carbocycles. The van der Waals surface area contributed by atoms with Crippen molar-refractivity contribution in [1.29, 1.82) is 0 Å². The zero-order valence-corrected chi connectivity index (χ0v) is 15.5. The summed E-state index contributed by atoms with van der Waals surface area (Å²) in [5.41, 5.74) is 1.88. The molecule has 0 saturated carbocycles. The normalized spacial score (nSPS) is 14.8. The van der Waals surface area contributed by atoms with Crippen molar-refractivity contribution in [3.05, 3.63) is 29.8 Å². The maximum absolute atomic E-state index is 12.2. The number of nitrogens with one attached hydrogen (secondary N) is 2. The van der Waals surface area contributed by atoms with Crippen molar-refractivity contribution in [2.24, 2.45) is 5.92 Å². The van der Waals surface area contributed by atoms with Gasteiger partial charge in [-0.05, 0) is 57.5 Å². The Labute approximate surface area is 150 Å². The molecule has 1 heterocycles. The van der Waals surface area contributed by atoms with Gasteiger partial charge in [-0.1, -0.05) is 12.1 Å². The Morgan fingerprint density at radius 2 is 1.79 bits per heavy atom. The molecule has 1 aliphatic rings. The quantitative estimate of drug-likeness (QED) is 0.855. The zero-order chi connectivity index (χ0) is 16.8. The summed E-state index contributed by atoms with van der Waals surface area (Å²) in [6, 6.07) is 7.93. The summed E-state index contributed by atoms with van der Waals surface area (Å²) in [7, 11) is 0. The molecule has 0 aliphatic carbocycles. The van der Waals surface area contributed by atoms with E-state index in [1.54, 1.807) is 6.92 Å². The number of halogens is 1. The lowest BCUT2D eigenvalue weighted by atomic mass is 9.97. The molecular weight excluding hydrogens is 326 g/mol. The predicted molar refractivity (Wildman–Crippen MR) is 99.3 cm³/mol. The first-order valence-corrected chi connectivity index (χ1v) is 8.35. The van der Waals surface area contributed by atoms with Crippen LogP contribution in [-0.4, -0.2) is 35.8 Å². The van der Waals surface area contributed by atoms with Crippen LogP contribution in [0.5, 0.6) is 0 Å². The predicted octanol–water partition coefficient (Wildman–Crippen LogP) is 2.80. The second kappa shape index (κ2) is 9.64. The number of carbonyl (C=O) groups excluding carboxylic acids is 2. The number of amides is 2. The van der Waals surface area contributed by atoms with Crippen molar-refractivity contribution in [3.8, 4) is 0 Å². The second-order valence-electron chi connectivity index (χ2n) is 6.45. The van der Waals surface area contributed by atoms with Crippen molar-refractivity contribution in [2.75, 3.05) is 18.4 Å². The van der Waals surface area contributed by atoms with Crippen molar-refractivity contribution in [2.45, 2.75) is 46.2 Å². The number of hydrogen-bond acceptors (Lipinski definition) is 3. The molecule has 0 aromatic heterocycles. The van der Waals surface area contributed by atoms with E-state index in [4.69, 9.17) is 0 Å². The molecule has 1 aliphatic heterocycles. The number of carbonyl (C=O) groups is 2. The van der Waals surface area contributed by atoms with Gasteiger partial charge in [0.1, 0.15) is 0 Å². The van der Waals surface area contributed by atoms with Crippen LogP contribution in [0.2, 0.25) is 0 Å². The minimum absolute atomic E-state index is 0. The fourth-order valence-corrected chi connectivity index (χ4v) is 2.88. The molecule has 1 saturated heterocycles. The van der Waals surface area contributed by atoms with Crippen molar-refractivity contribution in [1.82, 2.24) is 10.2 Å². The van der Waals surface area contributed by atoms with Gasteiger partial charge in [-0.3, -0.25) is 9.59 Å². The lowest BCUT2D eigenvalue weighted by molar-refractivity contribution is -0.131. The van der Waals surface area contributed by atoms with Crippen LogP contribution in [0.3, 0.4) is 0 Å². The van der Waals surface area contributed by atoms with Gasteiger partial charge in [-0.15, -0.1) is 12.4 Å². The Hall–Kier alpha value is -1.59. The topological polar surface area (TPSA) is 61.4 Å². The Kier molecular flexibility index (Phi) is 8.22. The molecule has 2 rings (SSSR count). The van der Waals surface area contributed by atoms with E-state index >= 15 is 0 Å². The average molecular weight is 354 g/mol. The third-order valence-corrected chi connectivity index (χ3v) is 4.31. The Bertz CT molecular complexity index is 540. The summed E-state index contributed by atoms with van der Waals surface area (Å²) in [5, 5.41) is 6.26. The molecule has 0 bridgehead atoms. The van der Waals surface area contributed by atoms with E-state index in [9.17, 15) is 9.59 Å². The second-order valence-corrected chi connectivity index (χ2v) is 6.45. The molecule has 24 heavy (non-hydrogen) atoms. The van der Waals surface area contributed by atoms with E-state index in [0.717, 1.165) is 37.2 Å². The highest BCUT2D eigenvalue weighted by Crippen LogP contribution is 2.17. The van der Waals surface area contributed by atoms with Gasteiger partial charge in [-0.25, -0.2) is 0 Å². The maximum atomic E-state index is 12.2. The van der Waals surface area contributed by atoms with E-state index in [2.05, 4.69) is 10.6 Å². The van der Waals surface area contributed by atoms with E-state index in [1.807, 2.05) is 43.0 Å². The van der Waals surface area contributed by atoms with Crippen LogP contribution in [0.4, 0.5) is 5.69 Å². The Morgan fingerprint density at radius 1 is 1.21 bits per heavy atom. The van der Waals surface area contributed by atoms with Gasteiger partial charge in [0.25, 0.3) is 0 Å². The summed E-state index contributed by atoms with van der Waals surface area (Å²) in [5.74, 6) is 0.278. The maximum Gasteiger partial charge on any atom is 0.227 e. The summed E-state index contributed by atoms with van der Waals surface area (Å²) >= 11 is 0. The van der Waals surface area contributed by atoms with Gasteiger partial charge >= 0.3 is 0 Å². The fraction of sp³-hybridized carbons (Fsp3) is 0.556. The van der Waals surface area contributed by atoms with Crippen LogP contribution in [0.15, 0.2) is 24.3 Å². The van der Waals surface area contributed by atoms with E-state index in [-0.39, 0.29) is 36.2 Å². The van der Waals surface area contributed by atoms with Gasteiger partial charge < -0.3 is 15.5 Å². The zero-order valence-electron chi connectivity index (χ0n) is 14.7. The van der Waals surface area contributed by atoms with Crippen LogP contribution in [-0.2, 0) is 16.1 Å². The number of piperidine rings is 1. The molecule has 5 nitrogen and oxygen atoms in total. The third kappa shape index (κ3) is 5.80. The minimum atomic E-state index is 0. The van der Waals surface area contributed by atoms with E-state index in [1.165, 1.54) is 0 Å². The van der Waals surface area contributed by atoms with Gasteiger partial charge in [-0.2, -0.15) is 0 Å². The smallest absolute Gasteiger partial charge is 0.227 e.